The van der Waals surface area contributed by atoms with Crippen molar-refractivity contribution in [2.45, 2.75) is 50.6 Å². The van der Waals surface area contributed by atoms with E-state index in [1.807, 2.05) is 17.5 Å². The molecule has 8 heteroatoms. The minimum atomic E-state index is 0.144. The molecule has 5 rings (SSSR count). The lowest BCUT2D eigenvalue weighted by atomic mass is 10.0. The Labute approximate surface area is 149 Å². The van der Waals surface area contributed by atoms with Gasteiger partial charge in [-0.2, -0.15) is 9.97 Å². The predicted octanol–water partition coefficient (Wildman–Crippen LogP) is 3.79. The first-order chi connectivity index (χ1) is 12.4. The van der Waals surface area contributed by atoms with Crippen molar-refractivity contribution in [1.29, 1.82) is 0 Å². The molecule has 1 saturated carbocycles. The molecule has 0 unspecified atom stereocenters. The molecule has 0 bridgehead atoms. The van der Waals surface area contributed by atoms with Crippen LogP contribution in [0.1, 0.15) is 61.7 Å². The summed E-state index contributed by atoms with van der Waals surface area (Å²) >= 11 is 1.61. The molecule has 0 aromatic carbocycles. The van der Waals surface area contributed by atoms with E-state index in [0.29, 0.717) is 24.2 Å². The molecule has 2 fully saturated rings. The standard InChI is InChI=1S/C17H19N5O2S/c1-2-8-22(10-14-18-16(21-23-14)13-5-3-9-25-13)12(4-1)17-19-15(20-24-17)11-6-7-11/h3,5,9,11-12H,1-2,4,6-8,10H2/t12-/m0/s1. The van der Waals surface area contributed by atoms with E-state index >= 15 is 0 Å². The van der Waals surface area contributed by atoms with Crippen molar-refractivity contribution < 1.29 is 9.05 Å². The van der Waals surface area contributed by atoms with Gasteiger partial charge in [-0.05, 0) is 43.7 Å². The molecule has 3 aromatic heterocycles. The Morgan fingerprint density at radius 3 is 2.92 bits per heavy atom. The molecular weight excluding hydrogens is 338 g/mol. The van der Waals surface area contributed by atoms with Gasteiger partial charge in [-0.15, -0.1) is 11.3 Å². The zero-order chi connectivity index (χ0) is 16.6. The minimum absolute atomic E-state index is 0.144. The van der Waals surface area contributed by atoms with Crippen LogP contribution in [0.4, 0.5) is 0 Å². The molecule has 1 aliphatic heterocycles. The molecule has 3 aromatic rings. The molecular formula is C17H19N5O2S. The summed E-state index contributed by atoms with van der Waals surface area (Å²) in [6.45, 7) is 1.59. The molecule has 0 spiro atoms. The average molecular weight is 357 g/mol. The highest BCUT2D eigenvalue weighted by Crippen LogP contribution is 2.39. The zero-order valence-corrected chi connectivity index (χ0v) is 14.6. The summed E-state index contributed by atoms with van der Waals surface area (Å²) in [7, 11) is 0. The summed E-state index contributed by atoms with van der Waals surface area (Å²) in [5.41, 5.74) is 0. The molecule has 0 N–H and O–H groups in total. The molecule has 1 saturated heterocycles. The predicted molar refractivity (Wildman–Crippen MR) is 90.9 cm³/mol. The van der Waals surface area contributed by atoms with Crippen LogP contribution in [-0.4, -0.2) is 31.7 Å². The molecule has 4 heterocycles. The molecule has 1 atom stereocenters. The number of hydrogen-bond donors (Lipinski definition) is 0. The van der Waals surface area contributed by atoms with Crippen LogP contribution in [-0.2, 0) is 6.54 Å². The highest BCUT2D eigenvalue weighted by Gasteiger charge is 2.33. The molecule has 25 heavy (non-hydrogen) atoms. The Balaban J connectivity index is 1.33. The maximum absolute atomic E-state index is 5.57. The second-order valence-corrected chi connectivity index (χ2v) is 7.68. The van der Waals surface area contributed by atoms with E-state index in [-0.39, 0.29) is 6.04 Å². The van der Waals surface area contributed by atoms with Crippen LogP contribution in [0.5, 0.6) is 0 Å². The van der Waals surface area contributed by atoms with Crippen LogP contribution < -0.4 is 0 Å². The monoisotopic (exact) mass is 357 g/mol. The Morgan fingerprint density at radius 1 is 1.12 bits per heavy atom. The first-order valence-corrected chi connectivity index (χ1v) is 9.69. The highest BCUT2D eigenvalue weighted by atomic mass is 32.1. The molecule has 130 valence electrons. The summed E-state index contributed by atoms with van der Waals surface area (Å²) in [5.74, 6) is 3.42. The Hall–Kier alpha value is -2.06. The summed E-state index contributed by atoms with van der Waals surface area (Å²) in [6.07, 6.45) is 5.72. The number of aromatic nitrogens is 4. The van der Waals surface area contributed by atoms with E-state index in [1.54, 1.807) is 11.3 Å². The molecule has 7 nitrogen and oxygen atoms in total. The van der Waals surface area contributed by atoms with E-state index in [0.717, 1.165) is 36.0 Å². The van der Waals surface area contributed by atoms with Crippen LogP contribution in [0.2, 0.25) is 0 Å². The van der Waals surface area contributed by atoms with E-state index in [9.17, 15) is 0 Å². The quantitative estimate of drug-likeness (QED) is 0.687. The molecule has 0 radical (unpaired) electrons. The lowest BCUT2D eigenvalue weighted by Gasteiger charge is -2.31. The van der Waals surface area contributed by atoms with Crippen molar-refractivity contribution in [3.63, 3.8) is 0 Å². The fourth-order valence-corrected chi connectivity index (χ4v) is 4.00. The second-order valence-electron chi connectivity index (χ2n) is 6.74. The van der Waals surface area contributed by atoms with Gasteiger partial charge in [-0.25, -0.2) is 0 Å². The third-order valence-electron chi connectivity index (χ3n) is 4.85. The lowest BCUT2D eigenvalue weighted by molar-refractivity contribution is 0.0986. The van der Waals surface area contributed by atoms with Crippen LogP contribution >= 0.6 is 11.3 Å². The van der Waals surface area contributed by atoms with E-state index in [1.165, 1.54) is 19.3 Å². The third kappa shape index (κ3) is 3.11. The fourth-order valence-electron chi connectivity index (χ4n) is 3.35. The SMILES string of the molecule is c1csc(-c2noc(CN3CCCC[C@H]3c3nc(C4CC4)no3)n2)c1. The maximum Gasteiger partial charge on any atom is 0.244 e. The van der Waals surface area contributed by atoms with Crippen LogP contribution in [0.15, 0.2) is 26.6 Å². The van der Waals surface area contributed by atoms with Gasteiger partial charge in [0.05, 0.1) is 17.5 Å². The van der Waals surface area contributed by atoms with E-state index < -0.39 is 0 Å². The highest BCUT2D eigenvalue weighted by molar-refractivity contribution is 7.13. The normalized spacial score (nSPS) is 21.7. The lowest BCUT2D eigenvalue weighted by Crippen LogP contribution is -2.33. The van der Waals surface area contributed by atoms with Crippen LogP contribution in [0.25, 0.3) is 10.7 Å². The Bertz CT molecular complexity index is 839. The largest absolute Gasteiger partial charge is 0.338 e. The molecule has 1 aliphatic carbocycles. The average Bonchev–Trinajstić information content (AvgIpc) is 3.08. The van der Waals surface area contributed by atoms with Gasteiger partial charge in [0.25, 0.3) is 0 Å². The fraction of sp³-hybridized carbons (Fsp3) is 0.529. The summed E-state index contributed by atoms with van der Waals surface area (Å²) in [5, 5.41) is 10.3. The molecule has 2 aliphatic rings. The van der Waals surface area contributed by atoms with Gasteiger partial charge in [0, 0.05) is 5.92 Å². The van der Waals surface area contributed by atoms with Gasteiger partial charge in [0.2, 0.25) is 17.6 Å². The van der Waals surface area contributed by atoms with Crippen molar-refractivity contribution in [3.8, 4) is 10.7 Å². The summed E-state index contributed by atoms with van der Waals surface area (Å²) < 4.78 is 11.0. The summed E-state index contributed by atoms with van der Waals surface area (Å²) in [4.78, 5) is 12.5. The Morgan fingerprint density at radius 2 is 2.08 bits per heavy atom. The van der Waals surface area contributed by atoms with Crippen molar-refractivity contribution in [1.82, 2.24) is 25.2 Å². The van der Waals surface area contributed by atoms with Crippen molar-refractivity contribution in [2.24, 2.45) is 0 Å². The van der Waals surface area contributed by atoms with Crippen molar-refractivity contribution in [2.75, 3.05) is 6.54 Å². The zero-order valence-electron chi connectivity index (χ0n) is 13.8. The van der Waals surface area contributed by atoms with Gasteiger partial charge in [0.1, 0.15) is 0 Å². The number of hydrogen-bond acceptors (Lipinski definition) is 8. The van der Waals surface area contributed by atoms with Crippen molar-refractivity contribution in [3.05, 3.63) is 35.1 Å². The minimum Gasteiger partial charge on any atom is -0.338 e. The van der Waals surface area contributed by atoms with Gasteiger partial charge < -0.3 is 9.05 Å². The summed E-state index contributed by atoms with van der Waals surface area (Å²) in [6, 6.07) is 4.13. The van der Waals surface area contributed by atoms with Gasteiger partial charge in [0.15, 0.2) is 5.82 Å². The topological polar surface area (TPSA) is 81.1 Å². The number of nitrogens with zero attached hydrogens (tertiary/aromatic N) is 5. The van der Waals surface area contributed by atoms with Crippen molar-refractivity contribution >= 4 is 11.3 Å². The second kappa shape index (κ2) is 6.34. The smallest absolute Gasteiger partial charge is 0.244 e. The first-order valence-electron chi connectivity index (χ1n) is 8.81. The number of rotatable bonds is 5. The van der Waals surface area contributed by atoms with Crippen LogP contribution in [0, 0.1) is 0 Å². The van der Waals surface area contributed by atoms with Gasteiger partial charge >= 0.3 is 0 Å². The van der Waals surface area contributed by atoms with E-state index in [2.05, 4.69) is 25.2 Å². The maximum atomic E-state index is 5.57. The first kappa shape index (κ1) is 15.2. The number of likely N-dealkylation sites (tertiary alicyclic amines) is 1. The third-order valence-corrected chi connectivity index (χ3v) is 5.71. The van der Waals surface area contributed by atoms with Gasteiger partial charge in [-0.1, -0.05) is 22.8 Å². The number of piperidine rings is 1. The van der Waals surface area contributed by atoms with E-state index in [4.69, 9.17) is 9.05 Å². The molecule has 0 amide bonds. The number of thiophene rings is 1. The Kier molecular flexibility index (Phi) is 3.86. The van der Waals surface area contributed by atoms with Crippen LogP contribution in [0.3, 0.4) is 0 Å². The van der Waals surface area contributed by atoms with Gasteiger partial charge in [-0.3, -0.25) is 4.90 Å².